The van der Waals surface area contributed by atoms with Crippen molar-refractivity contribution in [2.75, 3.05) is 13.2 Å². The molecule has 1 saturated carbocycles. The normalized spacial score (nSPS) is 17.8. The molecule has 0 bridgehead atoms. The van der Waals surface area contributed by atoms with E-state index in [2.05, 4.69) is 4.72 Å². The molecule has 18 heavy (non-hydrogen) atoms. The quantitative estimate of drug-likeness (QED) is 0.765. The molecule has 2 N–H and O–H groups in total. The molecule has 0 saturated heterocycles. The Balaban J connectivity index is 1.83. The van der Waals surface area contributed by atoms with Crippen molar-refractivity contribution in [3.63, 3.8) is 0 Å². The Hall–Kier alpha value is -0.430. The number of thiophene rings is 1. The molecule has 6 heteroatoms. The highest BCUT2D eigenvalue weighted by molar-refractivity contribution is 7.90. The van der Waals surface area contributed by atoms with E-state index in [0.29, 0.717) is 13.0 Å². The summed E-state index contributed by atoms with van der Waals surface area (Å²) in [5.41, 5.74) is 0. The molecule has 102 valence electrons. The zero-order chi connectivity index (χ0) is 13.0. The summed E-state index contributed by atoms with van der Waals surface area (Å²) in [6.45, 7) is 0.597. The van der Waals surface area contributed by atoms with E-state index >= 15 is 0 Å². The van der Waals surface area contributed by atoms with Crippen LogP contribution in [0, 0.1) is 0 Å². The third-order valence-corrected chi connectivity index (χ3v) is 6.17. The lowest BCUT2D eigenvalue weighted by atomic mass is 10.0. The molecule has 0 amide bonds. The second kappa shape index (κ2) is 6.14. The third-order valence-electron chi connectivity index (χ3n) is 3.18. The van der Waals surface area contributed by atoms with Crippen LogP contribution in [0.3, 0.4) is 0 Å². The van der Waals surface area contributed by atoms with Crippen molar-refractivity contribution in [3.8, 4) is 0 Å². The van der Waals surface area contributed by atoms with Crippen LogP contribution < -0.4 is 4.72 Å². The van der Waals surface area contributed by atoms with Crippen molar-refractivity contribution < 1.29 is 13.5 Å². The molecule has 1 aliphatic rings. The molecule has 1 aromatic rings. The van der Waals surface area contributed by atoms with Gasteiger partial charge in [0.1, 0.15) is 0 Å². The summed E-state index contributed by atoms with van der Waals surface area (Å²) in [5.74, 6) is 0.247. The molecule has 1 aliphatic carbocycles. The van der Waals surface area contributed by atoms with Crippen LogP contribution in [0.25, 0.3) is 0 Å². The van der Waals surface area contributed by atoms with Gasteiger partial charge in [-0.15, -0.1) is 11.3 Å². The van der Waals surface area contributed by atoms with E-state index in [1.807, 2.05) is 17.5 Å². The number of hydrogen-bond acceptors (Lipinski definition) is 4. The maximum Gasteiger partial charge on any atom is 0.214 e. The van der Waals surface area contributed by atoms with Gasteiger partial charge in [0.2, 0.25) is 10.0 Å². The van der Waals surface area contributed by atoms with Crippen LogP contribution in [-0.2, 0) is 10.0 Å². The van der Waals surface area contributed by atoms with Gasteiger partial charge in [0.15, 0.2) is 0 Å². The lowest BCUT2D eigenvalue weighted by Crippen LogP contribution is -2.29. The molecule has 0 aromatic carbocycles. The van der Waals surface area contributed by atoms with Crippen LogP contribution >= 0.6 is 11.3 Å². The van der Waals surface area contributed by atoms with Gasteiger partial charge in [-0.1, -0.05) is 6.07 Å². The summed E-state index contributed by atoms with van der Waals surface area (Å²) >= 11 is 1.66. The van der Waals surface area contributed by atoms with Crippen molar-refractivity contribution in [2.45, 2.75) is 36.9 Å². The maximum absolute atomic E-state index is 11.7. The van der Waals surface area contributed by atoms with E-state index in [1.54, 1.807) is 11.3 Å². The number of nitrogens with one attached hydrogen (secondary N) is 1. The first-order valence-electron chi connectivity index (χ1n) is 6.26. The van der Waals surface area contributed by atoms with Crippen molar-refractivity contribution in [1.29, 1.82) is 0 Å². The van der Waals surface area contributed by atoms with Gasteiger partial charge >= 0.3 is 0 Å². The zero-order valence-corrected chi connectivity index (χ0v) is 11.8. The fourth-order valence-corrected chi connectivity index (χ4v) is 4.27. The number of rotatable bonds is 8. The van der Waals surface area contributed by atoms with Crippen LogP contribution in [0.2, 0.25) is 0 Å². The molecule has 2 rings (SSSR count). The SMILES string of the molecule is O=S(=O)(NCC[C@H](CCO)c1cccs1)C1CC1. The number of aliphatic hydroxyl groups is 1. The maximum atomic E-state index is 11.7. The summed E-state index contributed by atoms with van der Waals surface area (Å²) in [6, 6.07) is 4.03. The Morgan fingerprint density at radius 2 is 2.22 bits per heavy atom. The van der Waals surface area contributed by atoms with Crippen LogP contribution in [0.5, 0.6) is 0 Å². The minimum absolute atomic E-state index is 0.137. The smallest absolute Gasteiger partial charge is 0.214 e. The van der Waals surface area contributed by atoms with Crippen molar-refractivity contribution in [1.82, 2.24) is 4.72 Å². The lowest BCUT2D eigenvalue weighted by Gasteiger charge is -2.14. The summed E-state index contributed by atoms with van der Waals surface area (Å²) in [5, 5.41) is 10.9. The molecule has 1 heterocycles. The Morgan fingerprint density at radius 3 is 2.78 bits per heavy atom. The van der Waals surface area contributed by atoms with Crippen molar-refractivity contribution in [3.05, 3.63) is 22.4 Å². The van der Waals surface area contributed by atoms with E-state index in [0.717, 1.165) is 19.3 Å². The highest BCUT2D eigenvalue weighted by atomic mass is 32.2. The topological polar surface area (TPSA) is 66.4 Å². The Labute approximate surface area is 112 Å². The van der Waals surface area contributed by atoms with Gasteiger partial charge in [-0.3, -0.25) is 0 Å². The third kappa shape index (κ3) is 3.78. The molecular weight excluding hydrogens is 270 g/mol. The molecule has 1 atom stereocenters. The fraction of sp³-hybridized carbons (Fsp3) is 0.667. The van der Waals surface area contributed by atoms with E-state index < -0.39 is 10.0 Å². The minimum atomic E-state index is -3.08. The van der Waals surface area contributed by atoms with Crippen molar-refractivity contribution in [2.24, 2.45) is 0 Å². The molecular formula is C12H19NO3S2. The second-order valence-corrected chi connectivity index (χ2v) is 7.68. The highest BCUT2D eigenvalue weighted by Gasteiger charge is 2.35. The van der Waals surface area contributed by atoms with E-state index in [-0.39, 0.29) is 17.8 Å². The van der Waals surface area contributed by atoms with E-state index in [9.17, 15) is 8.42 Å². The summed E-state index contributed by atoms with van der Waals surface area (Å²) in [7, 11) is -3.08. The van der Waals surface area contributed by atoms with Gasteiger partial charge in [-0.2, -0.15) is 0 Å². The first-order valence-corrected chi connectivity index (χ1v) is 8.69. The molecule has 1 aromatic heterocycles. The van der Waals surface area contributed by atoms with Crippen LogP contribution in [0.1, 0.15) is 36.5 Å². The molecule has 0 radical (unpaired) electrons. The largest absolute Gasteiger partial charge is 0.396 e. The second-order valence-electron chi connectivity index (χ2n) is 4.65. The average molecular weight is 289 g/mol. The number of aliphatic hydroxyl groups excluding tert-OH is 1. The van der Waals surface area contributed by atoms with E-state index in [4.69, 9.17) is 5.11 Å². The summed E-state index contributed by atoms with van der Waals surface area (Å²) in [4.78, 5) is 1.22. The zero-order valence-electron chi connectivity index (χ0n) is 10.2. The highest BCUT2D eigenvalue weighted by Crippen LogP contribution is 2.29. The van der Waals surface area contributed by atoms with Gasteiger partial charge in [-0.25, -0.2) is 13.1 Å². The van der Waals surface area contributed by atoms with Gasteiger partial charge in [0, 0.05) is 18.0 Å². The van der Waals surface area contributed by atoms with Crippen LogP contribution in [0.15, 0.2) is 17.5 Å². The van der Waals surface area contributed by atoms with E-state index in [1.165, 1.54) is 4.88 Å². The first kappa shape index (κ1) is 14.0. The summed E-state index contributed by atoms with van der Waals surface area (Å²) in [6.07, 6.45) is 3.01. The number of sulfonamides is 1. The molecule has 0 aliphatic heterocycles. The predicted molar refractivity (Wildman–Crippen MR) is 73.3 cm³/mol. The minimum Gasteiger partial charge on any atom is -0.396 e. The lowest BCUT2D eigenvalue weighted by molar-refractivity contribution is 0.273. The van der Waals surface area contributed by atoms with Crippen LogP contribution in [0.4, 0.5) is 0 Å². The monoisotopic (exact) mass is 289 g/mol. The fourth-order valence-electron chi connectivity index (χ4n) is 1.98. The standard InChI is InChI=1S/C12H19NO3S2/c14-8-6-10(12-2-1-9-17-12)5-7-13-18(15,16)11-3-4-11/h1-2,9-11,13-14H,3-8H2/t10-/m1/s1. The Kier molecular flexibility index (Phi) is 4.77. The number of hydrogen-bond donors (Lipinski definition) is 2. The first-order chi connectivity index (χ1) is 8.63. The Morgan fingerprint density at radius 1 is 1.44 bits per heavy atom. The molecule has 4 nitrogen and oxygen atoms in total. The predicted octanol–water partition coefficient (Wildman–Crippen LogP) is 1.69. The molecule has 0 unspecified atom stereocenters. The van der Waals surface area contributed by atoms with Gasteiger partial charge in [-0.05, 0) is 43.0 Å². The summed E-state index contributed by atoms with van der Waals surface area (Å²) < 4.78 is 26.0. The average Bonchev–Trinajstić information content (AvgIpc) is 3.06. The van der Waals surface area contributed by atoms with Gasteiger partial charge in [0.25, 0.3) is 0 Å². The van der Waals surface area contributed by atoms with Gasteiger partial charge in [0.05, 0.1) is 5.25 Å². The van der Waals surface area contributed by atoms with Crippen molar-refractivity contribution >= 4 is 21.4 Å². The molecule has 1 fully saturated rings. The van der Waals surface area contributed by atoms with Crippen LogP contribution in [-0.4, -0.2) is 31.9 Å². The molecule has 0 spiro atoms. The Bertz CT molecular complexity index is 452. The van der Waals surface area contributed by atoms with Gasteiger partial charge < -0.3 is 5.11 Å².